The van der Waals surface area contributed by atoms with E-state index in [9.17, 15) is 4.79 Å². The molecule has 0 aromatic carbocycles. The molecule has 1 unspecified atom stereocenters. The molecule has 0 saturated carbocycles. The number of unbranched alkanes of at least 4 members (excludes halogenated alkanes) is 1. The van der Waals surface area contributed by atoms with Crippen LogP contribution in [0.1, 0.15) is 58.8 Å². The second-order valence-electron chi connectivity index (χ2n) is 4.23. The van der Waals surface area contributed by atoms with Crippen molar-refractivity contribution in [3.8, 4) is 0 Å². The van der Waals surface area contributed by atoms with Gasteiger partial charge in [-0.15, -0.1) is 0 Å². The highest BCUT2D eigenvalue weighted by molar-refractivity contribution is 5.97. The number of allylic oxidation sites excluding steroid dienone is 2. The van der Waals surface area contributed by atoms with Gasteiger partial charge in [0.2, 0.25) is 0 Å². The highest BCUT2D eigenvalue weighted by Crippen LogP contribution is 2.25. The molecule has 0 amide bonds. The van der Waals surface area contributed by atoms with Crippen LogP contribution in [0.2, 0.25) is 0 Å². The number of rotatable bonds is 6. The third-order valence-corrected chi connectivity index (χ3v) is 3.13. The molecule has 0 bridgehead atoms. The maximum Gasteiger partial charge on any atom is 0.161 e. The lowest BCUT2D eigenvalue weighted by Gasteiger charge is -2.13. The summed E-state index contributed by atoms with van der Waals surface area (Å²) in [4.78, 5) is 12.0. The average molecular weight is 194 g/mol. The predicted molar refractivity (Wildman–Crippen MR) is 60.2 cm³/mol. The molecule has 80 valence electrons. The Morgan fingerprint density at radius 2 is 2.29 bits per heavy atom. The lowest BCUT2D eigenvalue weighted by molar-refractivity contribution is -0.119. The van der Waals surface area contributed by atoms with Gasteiger partial charge in [-0.2, -0.15) is 0 Å². The Morgan fingerprint density at radius 3 is 2.79 bits per heavy atom. The molecule has 0 N–H and O–H groups in total. The second-order valence-corrected chi connectivity index (χ2v) is 4.23. The molecule has 1 rings (SSSR count). The molecular weight excluding hydrogens is 172 g/mol. The summed E-state index contributed by atoms with van der Waals surface area (Å²) in [6.07, 6.45) is 9.97. The third kappa shape index (κ3) is 2.97. The summed E-state index contributed by atoms with van der Waals surface area (Å²) in [5.41, 5.74) is 1.12. The molecule has 0 aromatic heterocycles. The molecular formula is C13H22O. The lowest BCUT2D eigenvalue weighted by Crippen LogP contribution is -2.15. The maximum atomic E-state index is 12.0. The normalized spacial score (nSPS) is 18.0. The zero-order chi connectivity index (χ0) is 10.4. The zero-order valence-corrected chi connectivity index (χ0v) is 9.51. The second kappa shape index (κ2) is 6.00. The van der Waals surface area contributed by atoms with Crippen LogP contribution in [-0.2, 0) is 4.79 Å². The van der Waals surface area contributed by atoms with E-state index in [0.717, 1.165) is 31.3 Å². The van der Waals surface area contributed by atoms with Gasteiger partial charge in [-0.05, 0) is 37.7 Å². The minimum absolute atomic E-state index is 0.305. The van der Waals surface area contributed by atoms with Crippen LogP contribution < -0.4 is 0 Å². The van der Waals surface area contributed by atoms with Gasteiger partial charge in [0.05, 0.1) is 0 Å². The summed E-state index contributed by atoms with van der Waals surface area (Å²) in [5, 5.41) is 0. The molecule has 0 saturated heterocycles. The Labute approximate surface area is 87.6 Å². The Bertz CT molecular complexity index is 215. The number of hydrogen-bond acceptors (Lipinski definition) is 1. The summed E-state index contributed by atoms with van der Waals surface area (Å²) in [6, 6.07) is 0. The summed E-state index contributed by atoms with van der Waals surface area (Å²) < 4.78 is 0. The van der Waals surface area contributed by atoms with Gasteiger partial charge >= 0.3 is 0 Å². The van der Waals surface area contributed by atoms with Gasteiger partial charge < -0.3 is 0 Å². The monoisotopic (exact) mass is 194 g/mol. The molecule has 0 heterocycles. The average Bonchev–Trinajstić information content (AvgIpc) is 2.71. The van der Waals surface area contributed by atoms with E-state index in [2.05, 4.69) is 19.9 Å². The zero-order valence-electron chi connectivity index (χ0n) is 9.51. The van der Waals surface area contributed by atoms with Crippen molar-refractivity contribution in [3.05, 3.63) is 11.6 Å². The predicted octanol–water partition coefficient (Wildman–Crippen LogP) is 3.88. The summed E-state index contributed by atoms with van der Waals surface area (Å²) in [5.74, 6) is 0.748. The van der Waals surface area contributed by atoms with Crippen LogP contribution in [0.5, 0.6) is 0 Å². The van der Waals surface area contributed by atoms with E-state index in [1.54, 1.807) is 0 Å². The third-order valence-electron chi connectivity index (χ3n) is 3.13. The SMILES string of the molecule is CCCCC(CC)C(=O)C1=CCCC1. The van der Waals surface area contributed by atoms with Crippen molar-refractivity contribution >= 4 is 5.78 Å². The van der Waals surface area contributed by atoms with E-state index >= 15 is 0 Å². The summed E-state index contributed by atoms with van der Waals surface area (Å²) in [7, 11) is 0. The van der Waals surface area contributed by atoms with Crippen molar-refractivity contribution in [3.63, 3.8) is 0 Å². The first-order chi connectivity index (χ1) is 6.79. The molecule has 0 radical (unpaired) electrons. The van der Waals surface area contributed by atoms with Gasteiger partial charge in [-0.1, -0.05) is 32.8 Å². The topological polar surface area (TPSA) is 17.1 Å². The van der Waals surface area contributed by atoms with Crippen LogP contribution in [0.4, 0.5) is 0 Å². The largest absolute Gasteiger partial charge is 0.294 e. The van der Waals surface area contributed by atoms with Crippen molar-refractivity contribution in [2.24, 2.45) is 5.92 Å². The van der Waals surface area contributed by atoms with Gasteiger partial charge in [-0.25, -0.2) is 0 Å². The lowest BCUT2D eigenvalue weighted by atomic mass is 9.90. The molecule has 0 fully saturated rings. The van der Waals surface area contributed by atoms with E-state index < -0.39 is 0 Å². The Balaban J connectivity index is 2.46. The fraction of sp³-hybridized carbons (Fsp3) is 0.769. The van der Waals surface area contributed by atoms with Crippen molar-refractivity contribution in [1.82, 2.24) is 0 Å². The Morgan fingerprint density at radius 1 is 1.50 bits per heavy atom. The van der Waals surface area contributed by atoms with Crippen molar-refractivity contribution in [2.75, 3.05) is 0 Å². The van der Waals surface area contributed by atoms with Crippen LogP contribution in [-0.4, -0.2) is 5.78 Å². The molecule has 14 heavy (non-hydrogen) atoms. The van der Waals surface area contributed by atoms with E-state index in [4.69, 9.17) is 0 Å². The number of carbonyl (C=O) groups is 1. The van der Waals surface area contributed by atoms with Gasteiger partial charge in [0, 0.05) is 5.92 Å². The molecule has 1 atom stereocenters. The van der Waals surface area contributed by atoms with Crippen LogP contribution in [0.25, 0.3) is 0 Å². The van der Waals surface area contributed by atoms with Crippen LogP contribution in [0.3, 0.4) is 0 Å². The Kier molecular flexibility index (Phi) is 4.92. The van der Waals surface area contributed by atoms with Gasteiger partial charge in [0.15, 0.2) is 5.78 Å². The maximum absolute atomic E-state index is 12.0. The minimum atomic E-state index is 0.305. The quantitative estimate of drug-likeness (QED) is 0.627. The van der Waals surface area contributed by atoms with E-state index in [1.165, 1.54) is 19.3 Å². The van der Waals surface area contributed by atoms with Crippen molar-refractivity contribution < 1.29 is 4.79 Å². The smallest absolute Gasteiger partial charge is 0.161 e. The number of hydrogen-bond donors (Lipinski definition) is 0. The fourth-order valence-electron chi connectivity index (χ4n) is 2.13. The minimum Gasteiger partial charge on any atom is -0.294 e. The van der Waals surface area contributed by atoms with Gasteiger partial charge in [0.1, 0.15) is 0 Å². The van der Waals surface area contributed by atoms with Gasteiger partial charge in [0.25, 0.3) is 0 Å². The molecule has 1 nitrogen and oxygen atoms in total. The first kappa shape index (κ1) is 11.5. The Hall–Kier alpha value is -0.590. The van der Waals surface area contributed by atoms with E-state index in [0.29, 0.717) is 11.7 Å². The van der Waals surface area contributed by atoms with Gasteiger partial charge in [-0.3, -0.25) is 4.79 Å². The molecule has 0 aliphatic heterocycles. The molecule has 1 heteroatoms. The van der Waals surface area contributed by atoms with Crippen LogP contribution in [0.15, 0.2) is 11.6 Å². The van der Waals surface area contributed by atoms with Crippen molar-refractivity contribution in [2.45, 2.75) is 58.8 Å². The fourth-order valence-corrected chi connectivity index (χ4v) is 2.13. The summed E-state index contributed by atoms with van der Waals surface area (Å²) >= 11 is 0. The first-order valence-corrected chi connectivity index (χ1v) is 6.02. The molecule has 1 aliphatic rings. The molecule has 0 spiro atoms. The molecule has 0 aromatic rings. The summed E-state index contributed by atoms with van der Waals surface area (Å²) in [6.45, 7) is 4.32. The van der Waals surface area contributed by atoms with Crippen LogP contribution >= 0.6 is 0 Å². The van der Waals surface area contributed by atoms with Crippen molar-refractivity contribution in [1.29, 1.82) is 0 Å². The number of Topliss-reactive ketones (excluding diaryl/α,β-unsaturated/α-hetero) is 1. The van der Waals surface area contributed by atoms with Crippen LogP contribution in [0, 0.1) is 5.92 Å². The first-order valence-electron chi connectivity index (χ1n) is 6.02. The van der Waals surface area contributed by atoms with E-state index in [-0.39, 0.29) is 0 Å². The standard InChI is InChI=1S/C13H22O/c1-3-5-8-11(4-2)13(14)12-9-6-7-10-12/h9,11H,3-8,10H2,1-2H3. The molecule has 1 aliphatic carbocycles. The van der Waals surface area contributed by atoms with E-state index in [1.807, 2.05) is 0 Å². The number of carbonyl (C=O) groups excluding carboxylic acids is 1. The highest BCUT2D eigenvalue weighted by Gasteiger charge is 2.21. The highest BCUT2D eigenvalue weighted by atomic mass is 16.1. The number of ketones is 1.